The van der Waals surface area contributed by atoms with E-state index in [0.717, 1.165) is 24.2 Å². The standard InChI is InChI=1S/C33H38FN5O3/c1-33(22-39(17-19-42-3)21-28(33)23-10-6-4-7-11-23)37-32(41)36-30-26-15-14-25(34)20-27(26)31(38(2)16-18-40)35-29(30)24-12-8-5-9-13-24/h4-15,20,28,40H,16-19,21-22H2,1-3H3,(H2,36,37,41)/t28-,33+/m0/s1. The summed E-state index contributed by atoms with van der Waals surface area (Å²) in [7, 11) is 3.49. The number of aliphatic hydroxyl groups is 1. The van der Waals surface area contributed by atoms with Gasteiger partial charge in [0.15, 0.2) is 0 Å². The lowest BCUT2D eigenvalue weighted by molar-refractivity contribution is 0.156. The van der Waals surface area contributed by atoms with Crippen molar-refractivity contribution in [3.63, 3.8) is 0 Å². The topological polar surface area (TPSA) is 90.0 Å². The molecule has 9 heteroatoms. The lowest BCUT2D eigenvalue weighted by atomic mass is 9.83. The van der Waals surface area contributed by atoms with E-state index in [1.54, 1.807) is 25.1 Å². The molecule has 220 valence electrons. The van der Waals surface area contributed by atoms with Crippen LogP contribution in [0.2, 0.25) is 0 Å². The predicted molar refractivity (Wildman–Crippen MR) is 166 cm³/mol. The number of nitrogens with zero attached hydrogens (tertiary/aromatic N) is 3. The van der Waals surface area contributed by atoms with Gasteiger partial charge in [-0.3, -0.25) is 4.90 Å². The first-order valence-electron chi connectivity index (χ1n) is 14.2. The van der Waals surface area contributed by atoms with Crippen molar-refractivity contribution < 1.29 is 19.0 Å². The number of benzene rings is 3. The molecule has 0 unspecified atom stereocenters. The maximum absolute atomic E-state index is 14.5. The van der Waals surface area contributed by atoms with E-state index in [4.69, 9.17) is 9.72 Å². The fraction of sp³-hybridized carbons (Fsp3) is 0.333. The number of methoxy groups -OCH3 is 1. The van der Waals surface area contributed by atoms with Crippen LogP contribution < -0.4 is 15.5 Å². The van der Waals surface area contributed by atoms with Crippen molar-refractivity contribution in [3.05, 3.63) is 90.2 Å². The largest absolute Gasteiger partial charge is 0.395 e. The minimum atomic E-state index is -0.567. The number of pyridine rings is 1. The minimum absolute atomic E-state index is 0.0633. The Kier molecular flexibility index (Phi) is 9.01. The van der Waals surface area contributed by atoms with E-state index in [-0.39, 0.29) is 18.6 Å². The lowest BCUT2D eigenvalue weighted by Gasteiger charge is -2.32. The first-order valence-corrected chi connectivity index (χ1v) is 14.2. The second-order valence-electron chi connectivity index (χ2n) is 11.0. The third-order valence-corrected chi connectivity index (χ3v) is 8.00. The predicted octanol–water partition coefficient (Wildman–Crippen LogP) is 5.10. The number of aromatic nitrogens is 1. The summed E-state index contributed by atoms with van der Waals surface area (Å²) >= 11 is 0. The summed E-state index contributed by atoms with van der Waals surface area (Å²) in [4.78, 5) is 22.9. The molecule has 2 amide bonds. The molecule has 1 aliphatic heterocycles. The number of amides is 2. The third kappa shape index (κ3) is 6.23. The number of anilines is 2. The zero-order valence-corrected chi connectivity index (χ0v) is 24.3. The Balaban J connectivity index is 1.54. The first kappa shape index (κ1) is 29.4. The molecule has 0 radical (unpaired) electrons. The summed E-state index contributed by atoms with van der Waals surface area (Å²) in [5.74, 6) is 0.170. The van der Waals surface area contributed by atoms with Gasteiger partial charge >= 0.3 is 6.03 Å². The number of urea groups is 1. The number of carbonyl (C=O) groups is 1. The molecule has 3 N–H and O–H groups in total. The van der Waals surface area contributed by atoms with Gasteiger partial charge < -0.3 is 25.4 Å². The minimum Gasteiger partial charge on any atom is -0.395 e. The number of carbonyl (C=O) groups excluding carboxylic acids is 1. The van der Waals surface area contributed by atoms with Crippen molar-refractivity contribution in [3.8, 4) is 11.3 Å². The van der Waals surface area contributed by atoms with Crippen LogP contribution in [0.5, 0.6) is 0 Å². The summed E-state index contributed by atoms with van der Waals surface area (Å²) in [6, 6.07) is 23.9. The van der Waals surface area contributed by atoms with Crippen LogP contribution in [0.25, 0.3) is 22.0 Å². The van der Waals surface area contributed by atoms with Gasteiger partial charge in [0, 0.05) is 62.6 Å². The maximum Gasteiger partial charge on any atom is 0.319 e. The number of nitrogens with one attached hydrogen (secondary N) is 2. The summed E-state index contributed by atoms with van der Waals surface area (Å²) in [6.45, 7) is 5.13. The molecule has 0 spiro atoms. The summed E-state index contributed by atoms with van der Waals surface area (Å²) in [5.41, 5.74) is 2.44. The van der Waals surface area contributed by atoms with Gasteiger partial charge in [-0.2, -0.15) is 0 Å². The molecular formula is C33H38FN5O3. The Bertz CT molecular complexity index is 1520. The molecule has 0 saturated carbocycles. The van der Waals surface area contributed by atoms with Crippen molar-refractivity contribution in [2.75, 3.05) is 63.8 Å². The van der Waals surface area contributed by atoms with Gasteiger partial charge in [0.25, 0.3) is 0 Å². The Morgan fingerprint density at radius 1 is 1.12 bits per heavy atom. The van der Waals surface area contributed by atoms with Gasteiger partial charge in [-0.1, -0.05) is 60.7 Å². The second kappa shape index (κ2) is 12.9. The van der Waals surface area contributed by atoms with Crippen LogP contribution in [0.15, 0.2) is 78.9 Å². The quantitative estimate of drug-likeness (QED) is 0.246. The van der Waals surface area contributed by atoms with Crippen molar-refractivity contribution >= 4 is 28.3 Å². The van der Waals surface area contributed by atoms with Crippen LogP contribution >= 0.6 is 0 Å². The molecule has 3 aromatic carbocycles. The average Bonchev–Trinajstić information content (AvgIpc) is 3.32. The number of hydrogen-bond donors (Lipinski definition) is 3. The van der Waals surface area contributed by atoms with Crippen molar-refractivity contribution in [2.45, 2.75) is 18.4 Å². The van der Waals surface area contributed by atoms with Crippen LogP contribution in [0.4, 0.5) is 20.7 Å². The molecule has 1 aromatic heterocycles. The van der Waals surface area contributed by atoms with E-state index in [0.29, 0.717) is 47.7 Å². The fourth-order valence-corrected chi connectivity index (χ4v) is 5.93. The highest BCUT2D eigenvalue weighted by molar-refractivity contribution is 6.10. The summed E-state index contributed by atoms with van der Waals surface area (Å²) in [6.07, 6.45) is 0. The molecule has 42 heavy (non-hydrogen) atoms. The van der Waals surface area contributed by atoms with E-state index in [9.17, 15) is 14.3 Å². The molecule has 0 aliphatic carbocycles. The second-order valence-corrected chi connectivity index (χ2v) is 11.0. The highest BCUT2D eigenvalue weighted by atomic mass is 19.1. The molecule has 8 nitrogen and oxygen atoms in total. The number of likely N-dealkylation sites (tertiary alicyclic amines) is 1. The zero-order chi connectivity index (χ0) is 29.7. The zero-order valence-electron chi connectivity index (χ0n) is 24.3. The third-order valence-electron chi connectivity index (χ3n) is 8.00. The van der Waals surface area contributed by atoms with E-state index < -0.39 is 11.4 Å². The van der Waals surface area contributed by atoms with Gasteiger partial charge in [0.2, 0.25) is 0 Å². The SMILES string of the molecule is COCCN1C[C@@H](c2ccccc2)[C@](C)(NC(=O)Nc2c(-c3ccccc3)nc(N(C)CCO)c3cc(F)ccc23)C1. The number of aliphatic hydroxyl groups excluding tert-OH is 1. The van der Waals surface area contributed by atoms with E-state index >= 15 is 0 Å². The molecular weight excluding hydrogens is 533 g/mol. The van der Waals surface area contributed by atoms with Crippen LogP contribution in [0.3, 0.4) is 0 Å². The molecule has 1 aliphatic rings. The molecule has 2 heterocycles. The van der Waals surface area contributed by atoms with Gasteiger partial charge in [-0.25, -0.2) is 14.2 Å². The first-order chi connectivity index (χ1) is 20.3. The van der Waals surface area contributed by atoms with Crippen LogP contribution in [0, 0.1) is 5.82 Å². The number of ether oxygens (including phenoxy) is 1. The van der Waals surface area contributed by atoms with Crippen LogP contribution in [-0.4, -0.2) is 80.1 Å². The molecule has 5 rings (SSSR count). The number of halogens is 1. The van der Waals surface area contributed by atoms with Gasteiger partial charge in [0.1, 0.15) is 11.6 Å². The Morgan fingerprint density at radius 2 is 1.83 bits per heavy atom. The smallest absolute Gasteiger partial charge is 0.319 e. The number of fused-ring (bicyclic) bond motifs is 1. The van der Waals surface area contributed by atoms with Crippen LogP contribution in [-0.2, 0) is 4.74 Å². The number of rotatable bonds is 10. The highest BCUT2D eigenvalue weighted by Gasteiger charge is 2.44. The van der Waals surface area contributed by atoms with E-state index in [1.807, 2.05) is 48.5 Å². The van der Waals surface area contributed by atoms with Crippen molar-refractivity contribution in [2.24, 2.45) is 0 Å². The average molecular weight is 572 g/mol. The Morgan fingerprint density at radius 3 is 2.52 bits per heavy atom. The summed E-state index contributed by atoms with van der Waals surface area (Å²) in [5, 5.41) is 17.2. The summed E-state index contributed by atoms with van der Waals surface area (Å²) < 4.78 is 19.9. The van der Waals surface area contributed by atoms with E-state index in [2.05, 4.69) is 34.6 Å². The molecule has 2 atom stereocenters. The maximum atomic E-state index is 14.5. The molecule has 0 bridgehead atoms. The van der Waals surface area contributed by atoms with Gasteiger partial charge in [-0.05, 0) is 30.7 Å². The number of likely N-dealkylation sites (N-methyl/N-ethyl adjacent to an activating group) is 1. The molecule has 4 aromatic rings. The Labute approximate surface area is 246 Å². The number of hydrogen-bond acceptors (Lipinski definition) is 6. The monoisotopic (exact) mass is 571 g/mol. The normalized spacial score (nSPS) is 18.7. The molecule has 1 fully saturated rings. The fourth-order valence-electron chi connectivity index (χ4n) is 5.93. The lowest BCUT2D eigenvalue weighted by Crippen LogP contribution is -2.52. The van der Waals surface area contributed by atoms with Crippen LogP contribution in [0.1, 0.15) is 18.4 Å². The Hall–Kier alpha value is -4.05. The highest BCUT2D eigenvalue weighted by Crippen LogP contribution is 2.39. The van der Waals surface area contributed by atoms with E-state index in [1.165, 1.54) is 12.1 Å². The van der Waals surface area contributed by atoms with Gasteiger partial charge in [0.05, 0.1) is 30.1 Å². The molecule has 1 saturated heterocycles. The van der Waals surface area contributed by atoms with Gasteiger partial charge in [-0.15, -0.1) is 0 Å². The van der Waals surface area contributed by atoms with Crippen molar-refractivity contribution in [1.29, 1.82) is 0 Å². The van der Waals surface area contributed by atoms with Crippen molar-refractivity contribution in [1.82, 2.24) is 15.2 Å².